The molecule has 5 heteroatoms. The lowest BCUT2D eigenvalue weighted by atomic mass is 10.2. The van der Waals surface area contributed by atoms with E-state index in [-0.39, 0.29) is 5.76 Å². The van der Waals surface area contributed by atoms with Crippen molar-refractivity contribution in [2.75, 3.05) is 6.61 Å². The highest BCUT2D eigenvalue weighted by atomic mass is 35.5. The summed E-state index contributed by atoms with van der Waals surface area (Å²) in [5.41, 5.74) is 1.24. The normalized spacial score (nSPS) is 10.9. The summed E-state index contributed by atoms with van der Waals surface area (Å²) >= 11 is 6.03. The Morgan fingerprint density at radius 2 is 2.10 bits per heavy atom. The Morgan fingerprint density at radius 3 is 2.80 bits per heavy atom. The van der Waals surface area contributed by atoms with E-state index in [4.69, 9.17) is 20.8 Å². The molecule has 0 aliphatic carbocycles. The number of nitrogens with zero attached hydrogens (tertiary/aromatic N) is 1. The third kappa shape index (κ3) is 2.08. The number of esters is 1. The first kappa shape index (κ1) is 12.8. The predicted octanol–water partition coefficient (Wildman–Crippen LogP) is 4.05. The predicted molar refractivity (Wildman–Crippen MR) is 76.5 cm³/mol. The first-order valence-corrected chi connectivity index (χ1v) is 6.61. The second kappa shape index (κ2) is 5.06. The molecule has 0 bridgehead atoms. The van der Waals surface area contributed by atoms with Crippen LogP contribution < -0.4 is 0 Å². The van der Waals surface area contributed by atoms with Crippen molar-refractivity contribution in [2.24, 2.45) is 0 Å². The molecule has 0 unspecified atom stereocenters. The van der Waals surface area contributed by atoms with Gasteiger partial charge in [0.05, 0.1) is 6.61 Å². The van der Waals surface area contributed by atoms with Gasteiger partial charge in [0.2, 0.25) is 5.76 Å². The topological polar surface area (TPSA) is 44.4 Å². The largest absolute Gasteiger partial charge is 0.460 e. The highest BCUT2D eigenvalue weighted by Crippen LogP contribution is 2.32. The van der Waals surface area contributed by atoms with Crippen LogP contribution in [0.5, 0.6) is 0 Å². The minimum atomic E-state index is -0.483. The molecule has 0 saturated carbocycles. The van der Waals surface area contributed by atoms with Crippen LogP contribution >= 0.6 is 11.6 Å². The van der Waals surface area contributed by atoms with Gasteiger partial charge in [0.25, 0.3) is 0 Å². The van der Waals surface area contributed by atoms with E-state index in [1.54, 1.807) is 25.1 Å². The molecule has 3 aromatic rings. The molecule has 0 fully saturated rings. The molecule has 3 rings (SSSR count). The first-order valence-electron chi connectivity index (χ1n) is 6.23. The van der Waals surface area contributed by atoms with E-state index in [0.29, 0.717) is 22.9 Å². The van der Waals surface area contributed by atoms with Crippen molar-refractivity contribution in [2.45, 2.75) is 6.92 Å². The SMILES string of the molecule is CCOC(=O)c1oc2ccc(Cl)cc2c1-n1cccc1. The lowest BCUT2D eigenvalue weighted by Gasteiger charge is -2.04. The van der Waals surface area contributed by atoms with Crippen molar-refractivity contribution < 1.29 is 13.9 Å². The molecule has 2 heterocycles. The zero-order chi connectivity index (χ0) is 14.1. The van der Waals surface area contributed by atoms with Crippen LogP contribution in [0.15, 0.2) is 47.1 Å². The van der Waals surface area contributed by atoms with Crippen molar-refractivity contribution in [3.63, 3.8) is 0 Å². The number of hydrogen-bond acceptors (Lipinski definition) is 3. The Kier molecular flexibility index (Phi) is 3.24. The minimum absolute atomic E-state index is 0.181. The second-order valence-electron chi connectivity index (χ2n) is 4.23. The van der Waals surface area contributed by atoms with Gasteiger partial charge in [-0.05, 0) is 37.3 Å². The summed E-state index contributed by atoms with van der Waals surface area (Å²) in [5.74, 6) is -0.302. The molecule has 0 aliphatic heterocycles. The Balaban J connectivity index is 2.28. The molecule has 102 valence electrons. The van der Waals surface area contributed by atoms with E-state index >= 15 is 0 Å². The fourth-order valence-corrected chi connectivity index (χ4v) is 2.30. The maximum Gasteiger partial charge on any atom is 0.376 e. The monoisotopic (exact) mass is 289 g/mol. The van der Waals surface area contributed by atoms with E-state index in [2.05, 4.69) is 0 Å². The maximum absolute atomic E-state index is 12.1. The average Bonchev–Trinajstić information content (AvgIpc) is 3.04. The molecule has 0 atom stereocenters. The summed E-state index contributed by atoms with van der Waals surface area (Å²) in [6.45, 7) is 2.05. The first-order chi connectivity index (χ1) is 9.70. The van der Waals surface area contributed by atoms with Crippen LogP contribution in [0.2, 0.25) is 5.02 Å². The number of aromatic nitrogens is 1. The van der Waals surface area contributed by atoms with Gasteiger partial charge in [-0.3, -0.25) is 0 Å². The van der Waals surface area contributed by atoms with Gasteiger partial charge in [0, 0.05) is 22.8 Å². The van der Waals surface area contributed by atoms with Crippen LogP contribution in [-0.2, 0) is 4.74 Å². The van der Waals surface area contributed by atoms with Crippen LogP contribution in [0.3, 0.4) is 0 Å². The van der Waals surface area contributed by atoms with Crippen molar-refractivity contribution in [1.82, 2.24) is 4.57 Å². The highest BCUT2D eigenvalue weighted by Gasteiger charge is 2.22. The fraction of sp³-hybridized carbons (Fsp3) is 0.133. The van der Waals surface area contributed by atoms with Crippen molar-refractivity contribution >= 4 is 28.5 Å². The number of halogens is 1. The number of rotatable bonds is 3. The summed E-state index contributed by atoms with van der Waals surface area (Å²) in [6, 6.07) is 8.99. The number of furan rings is 1. The molecule has 1 aromatic carbocycles. The standard InChI is InChI=1S/C15H12ClNO3/c1-2-19-15(18)14-13(17-7-3-4-8-17)11-9-10(16)5-6-12(11)20-14/h3-9H,2H2,1H3. The van der Waals surface area contributed by atoms with Crippen molar-refractivity contribution in [3.05, 3.63) is 53.5 Å². The van der Waals surface area contributed by atoms with Gasteiger partial charge < -0.3 is 13.7 Å². The van der Waals surface area contributed by atoms with E-state index < -0.39 is 5.97 Å². The number of ether oxygens (including phenoxy) is 1. The van der Waals surface area contributed by atoms with Gasteiger partial charge in [0.1, 0.15) is 11.3 Å². The molecule has 20 heavy (non-hydrogen) atoms. The summed E-state index contributed by atoms with van der Waals surface area (Å²) in [5, 5.41) is 1.36. The second-order valence-corrected chi connectivity index (χ2v) is 4.67. The molecule has 2 aromatic heterocycles. The Labute approximate surface area is 120 Å². The summed E-state index contributed by atoms with van der Waals surface area (Å²) in [4.78, 5) is 12.1. The zero-order valence-electron chi connectivity index (χ0n) is 10.8. The molecule has 0 amide bonds. The third-order valence-electron chi connectivity index (χ3n) is 2.95. The lowest BCUT2D eigenvalue weighted by molar-refractivity contribution is 0.0492. The summed E-state index contributed by atoms with van der Waals surface area (Å²) in [7, 11) is 0. The third-order valence-corrected chi connectivity index (χ3v) is 3.18. The average molecular weight is 290 g/mol. The van der Waals surface area contributed by atoms with E-state index in [1.165, 1.54) is 0 Å². The van der Waals surface area contributed by atoms with Crippen LogP contribution in [0.4, 0.5) is 0 Å². The van der Waals surface area contributed by atoms with E-state index in [9.17, 15) is 4.79 Å². The molecule has 4 nitrogen and oxygen atoms in total. The van der Waals surface area contributed by atoms with Crippen LogP contribution in [0, 0.1) is 0 Å². The molecular weight excluding hydrogens is 278 g/mol. The van der Waals surface area contributed by atoms with Crippen molar-refractivity contribution in [3.8, 4) is 5.69 Å². The number of hydrogen-bond donors (Lipinski definition) is 0. The molecule has 0 N–H and O–H groups in total. The lowest BCUT2D eigenvalue weighted by Crippen LogP contribution is -2.06. The summed E-state index contributed by atoms with van der Waals surface area (Å²) in [6.07, 6.45) is 3.68. The highest BCUT2D eigenvalue weighted by molar-refractivity contribution is 6.31. The Morgan fingerprint density at radius 1 is 1.35 bits per heavy atom. The van der Waals surface area contributed by atoms with E-state index in [0.717, 1.165) is 5.39 Å². The quantitative estimate of drug-likeness (QED) is 0.683. The Hall–Kier alpha value is -2.20. The number of fused-ring (bicyclic) bond motifs is 1. The number of benzene rings is 1. The van der Waals surface area contributed by atoms with Gasteiger partial charge in [-0.25, -0.2) is 4.79 Å². The Bertz CT molecular complexity index is 759. The number of carbonyl (C=O) groups excluding carboxylic acids is 1. The van der Waals surface area contributed by atoms with Gasteiger partial charge in [0.15, 0.2) is 0 Å². The molecular formula is C15H12ClNO3. The van der Waals surface area contributed by atoms with Crippen LogP contribution in [-0.4, -0.2) is 17.1 Å². The molecule has 0 saturated heterocycles. The smallest absolute Gasteiger partial charge is 0.376 e. The number of carbonyl (C=O) groups is 1. The van der Waals surface area contributed by atoms with Crippen molar-refractivity contribution in [1.29, 1.82) is 0 Å². The van der Waals surface area contributed by atoms with Crippen LogP contribution in [0.1, 0.15) is 17.5 Å². The van der Waals surface area contributed by atoms with Gasteiger partial charge in [-0.15, -0.1) is 0 Å². The zero-order valence-corrected chi connectivity index (χ0v) is 11.6. The molecule has 0 radical (unpaired) electrons. The van der Waals surface area contributed by atoms with Gasteiger partial charge >= 0.3 is 5.97 Å². The maximum atomic E-state index is 12.1. The van der Waals surface area contributed by atoms with Gasteiger partial charge in [-0.1, -0.05) is 11.6 Å². The van der Waals surface area contributed by atoms with E-state index in [1.807, 2.05) is 29.1 Å². The fourth-order valence-electron chi connectivity index (χ4n) is 2.13. The minimum Gasteiger partial charge on any atom is -0.460 e. The molecule has 0 spiro atoms. The van der Waals surface area contributed by atoms with Gasteiger partial charge in [-0.2, -0.15) is 0 Å². The van der Waals surface area contributed by atoms with Crippen LogP contribution in [0.25, 0.3) is 16.7 Å². The molecule has 0 aliphatic rings. The summed E-state index contributed by atoms with van der Waals surface area (Å²) < 4.78 is 12.5.